The van der Waals surface area contributed by atoms with E-state index in [0.29, 0.717) is 13.1 Å². The number of rotatable bonds is 8. The van der Waals surface area contributed by atoms with Gasteiger partial charge in [-0.3, -0.25) is 9.59 Å². The number of benzene rings is 2. The second kappa shape index (κ2) is 10.7. The van der Waals surface area contributed by atoms with E-state index in [4.69, 9.17) is 0 Å². The van der Waals surface area contributed by atoms with Crippen LogP contribution in [0.25, 0.3) is 20.2 Å². The normalized spacial score (nSPS) is 18.2. The van der Waals surface area contributed by atoms with Gasteiger partial charge >= 0.3 is 0 Å². The summed E-state index contributed by atoms with van der Waals surface area (Å²) in [6.07, 6.45) is 4.88. The molecule has 1 aliphatic carbocycles. The van der Waals surface area contributed by atoms with Crippen LogP contribution in [-0.2, 0) is 22.4 Å². The summed E-state index contributed by atoms with van der Waals surface area (Å²) in [6, 6.07) is 16.8. The fourth-order valence-electron chi connectivity index (χ4n) is 5.00. The second-order valence-electron chi connectivity index (χ2n) is 9.14. The zero-order valence-electron chi connectivity index (χ0n) is 19.2. The molecule has 34 heavy (non-hydrogen) atoms. The first-order valence-corrected chi connectivity index (χ1v) is 13.9. The molecular weight excluding hydrogens is 460 g/mol. The third-order valence-electron chi connectivity index (χ3n) is 6.98. The second-order valence-corrected chi connectivity index (χ2v) is 11.0. The molecule has 0 saturated heterocycles. The number of hydrogen-bond acceptors (Lipinski definition) is 4. The molecule has 1 aliphatic rings. The lowest BCUT2D eigenvalue weighted by atomic mass is 9.81. The van der Waals surface area contributed by atoms with Crippen LogP contribution in [0.4, 0.5) is 0 Å². The minimum Gasteiger partial charge on any atom is -0.356 e. The van der Waals surface area contributed by atoms with Crippen LogP contribution >= 0.6 is 22.7 Å². The van der Waals surface area contributed by atoms with E-state index in [0.717, 1.165) is 38.5 Å². The number of carbonyl (C=O) groups excluding carboxylic acids is 2. The van der Waals surface area contributed by atoms with E-state index in [9.17, 15) is 9.59 Å². The first-order valence-electron chi connectivity index (χ1n) is 12.1. The molecule has 1 fully saturated rings. The lowest BCUT2D eigenvalue weighted by Gasteiger charge is -2.27. The minimum atomic E-state index is 0.0282. The van der Waals surface area contributed by atoms with Gasteiger partial charge in [0.1, 0.15) is 0 Å². The van der Waals surface area contributed by atoms with Crippen molar-refractivity contribution in [1.29, 1.82) is 0 Å². The molecule has 0 atom stereocenters. The number of hydrogen-bond donors (Lipinski definition) is 2. The van der Waals surface area contributed by atoms with Crippen LogP contribution in [-0.4, -0.2) is 24.9 Å². The molecule has 0 bridgehead atoms. The predicted octanol–water partition coefficient (Wildman–Crippen LogP) is 5.94. The Morgan fingerprint density at radius 1 is 0.676 bits per heavy atom. The zero-order chi connectivity index (χ0) is 23.3. The van der Waals surface area contributed by atoms with Gasteiger partial charge in [-0.2, -0.15) is 0 Å². The van der Waals surface area contributed by atoms with Gasteiger partial charge in [0.05, 0.1) is 0 Å². The van der Waals surface area contributed by atoms with Gasteiger partial charge in [0.2, 0.25) is 11.8 Å². The highest BCUT2D eigenvalue weighted by atomic mass is 32.1. The van der Waals surface area contributed by atoms with E-state index >= 15 is 0 Å². The summed E-state index contributed by atoms with van der Waals surface area (Å²) in [7, 11) is 0. The Morgan fingerprint density at radius 3 is 1.53 bits per heavy atom. The number of carbonyl (C=O) groups is 2. The van der Waals surface area contributed by atoms with Gasteiger partial charge in [0, 0.05) is 34.3 Å². The monoisotopic (exact) mass is 490 g/mol. The lowest BCUT2D eigenvalue weighted by Crippen LogP contribution is -2.38. The highest BCUT2D eigenvalue weighted by Crippen LogP contribution is 2.30. The van der Waals surface area contributed by atoms with Gasteiger partial charge in [0.15, 0.2) is 0 Å². The predicted molar refractivity (Wildman–Crippen MR) is 143 cm³/mol. The van der Waals surface area contributed by atoms with E-state index in [2.05, 4.69) is 69.9 Å². The van der Waals surface area contributed by atoms with Gasteiger partial charge in [-0.05, 0) is 83.3 Å². The van der Waals surface area contributed by atoms with Crippen molar-refractivity contribution in [3.8, 4) is 0 Å². The summed E-state index contributed by atoms with van der Waals surface area (Å²) >= 11 is 3.52. The third-order valence-corrected chi connectivity index (χ3v) is 9.00. The summed E-state index contributed by atoms with van der Waals surface area (Å²) in [5.74, 6) is 0.339. The quantitative estimate of drug-likeness (QED) is 0.321. The molecule has 2 aromatic carbocycles. The van der Waals surface area contributed by atoms with Crippen LogP contribution in [0, 0.1) is 11.8 Å². The van der Waals surface area contributed by atoms with E-state index in [-0.39, 0.29) is 23.7 Å². The Bertz CT molecular complexity index is 1180. The smallest absolute Gasteiger partial charge is 0.223 e. The van der Waals surface area contributed by atoms with Crippen LogP contribution in [0.2, 0.25) is 0 Å². The van der Waals surface area contributed by atoms with Crippen molar-refractivity contribution in [1.82, 2.24) is 10.6 Å². The van der Waals surface area contributed by atoms with Crippen LogP contribution < -0.4 is 10.6 Å². The van der Waals surface area contributed by atoms with Crippen molar-refractivity contribution < 1.29 is 9.59 Å². The lowest BCUT2D eigenvalue weighted by molar-refractivity contribution is -0.130. The molecule has 0 aliphatic heterocycles. The summed E-state index contributed by atoms with van der Waals surface area (Å²) < 4.78 is 2.59. The van der Waals surface area contributed by atoms with E-state index in [1.165, 1.54) is 31.3 Å². The minimum absolute atomic E-state index is 0.0282. The fraction of sp³-hybridized carbons (Fsp3) is 0.357. The maximum absolute atomic E-state index is 12.7. The van der Waals surface area contributed by atoms with E-state index in [1.54, 1.807) is 22.7 Å². The number of thiophene rings is 2. The van der Waals surface area contributed by atoms with Crippen LogP contribution in [0.5, 0.6) is 0 Å². The average Bonchev–Trinajstić information content (AvgIpc) is 3.48. The summed E-state index contributed by atoms with van der Waals surface area (Å²) in [4.78, 5) is 25.3. The number of fused-ring (bicyclic) bond motifs is 2. The topological polar surface area (TPSA) is 58.2 Å². The Morgan fingerprint density at radius 2 is 1.09 bits per heavy atom. The molecule has 2 heterocycles. The van der Waals surface area contributed by atoms with Gasteiger partial charge in [-0.25, -0.2) is 0 Å². The molecule has 0 spiro atoms. The summed E-state index contributed by atoms with van der Waals surface area (Å²) in [5, 5.41) is 13.2. The summed E-state index contributed by atoms with van der Waals surface area (Å²) in [6.45, 7) is 1.33. The maximum Gasteiger partial charge on any atom is 0.223 e. The molecule has 2 aromatic heterocycles. The standard InChI is InChI=1S/C28H30N2O2S2/c31-27(29-15-13-21-17-33-25-7-3-1-5-23(21)25)19-9-11-20(12-10-19)28(32)30-16-14-22-18-34-26-8-4-2-6-24(22)26/h1-8,17-20H,9-16H2,(H,29,31)(H,30,32). The molecule has 4 aromatic rings. The SMILES string of the molecule is O=C(NCCc1csc2ccccc12)C1CCC(C(=O)NCCc2csc3ccccc23)CC1. The Balaban J connectivity index is 1.02. The van der Waals surface area contributed by atoms with Gasteiger partial charge < -0.3 is 10.6 Å². The molecular formula is C28H30N2O2S2. The summed E-state index contributed by atoms with van der Waals surface area (Å²) in [5.41, 5.74) is 2.61. The van der Waals surface area contributed by atoms with Crippen molar-refractivity contribution in [2.75, 3.05) is 13.1 Å². The number of amides is 2. The molecule has 6 heteroatoms. The van der Waals surface area contributed by atoms with Crippen LogP contribution in [0.1, 0.15) is 36.8 Å². The molecule has 176 valence electrons. The average molecular weight is 491 g/mol. The maximum atomic E-state index is 12.7. The Kier molecular flexibility index (Phi) is 7.26. The van der Waals surface area contributed by atoms with E-state index in [1.807, 2.05) is 0 Å². The molecule has 0 unspecified atom stereocenters. The van der Waals surface area contributed by atoms with Crippen LogP contribution in [0.3, 0.4) is 0 Å². The highest BCUT2D eigenvalue weighted by Gasteiger charge is 2.29. The fourth-order valence-corrected chi connectivity index (χ4v) is 6.99. The van der Waals surface area contributed by atoms with E-state index < -0.39 is 0 Å². The number of nitrogens with one attached hydrogen (secondary N) is 2. The van der Waals surface area contributed by atoms with Gasteiger partial charge in [-0.1, -0.05) is 36.4 Å². The molecule has 2 N–H and O–H groups in total. The molecule has 5 rings (SSSR count). The van der Waals surface area contributed by atoms with Crippen molar-refractivity contribution in [2.45, 2.75) is 38.5 Å². The molecule has 4 nitrogen and oxygen atoms in total. The first kappa shape index (κ1) is 23.1. The van der Waals surface area contributed by atoms with Crippen molar-refractivity contribution >= 4 is 54.7 Å². The van der Waals surface area contributed by atoms with Crippen LogP contribution in [0.15, 0.2) is 59.3 Å². The zero-order valence-corrected chi connectivity index (χ0v) is 20.9. The first-order chi connectivity index (χ1) is 16.7. The van der Waals surface area contributed by atoms with Crippen molar-refractivity contribution in [3.63, 3.8) is 0 Å². The van der Waals surface area contributed by atoms with Gasteiger partial charge in [-0.15, -0.1) is 22.7 Å². The largest absolute Gasteiger partial charge is 0.356 e. The Labute approximate surface area is 208 Å². The van der Waals surface area contributed by atoms with Crippen molar-refractivity contribution in [3.05, 3.63) is 70.4 Å². The third kappa shape index (κ3) is 5.18. The van der Waals surface area contributed by atoms with Gasteiger partial charge in [0.25, 0.3) is 0 Å². The molecule has 0 radical (unpaired) electrons. The highest BCUT2D eigenvalue weighted by molar-refractivity contribution is 7.17. The van der Waals surface area contributed by atoms with Crippen molar-refractivity contribution in [2.24, 2.45) is 11.8 Å². The Hall–Kier alpha value is -2.70. The molecule has 1 saturated carbocycles. The molecule has 2 amide bonds.